The molecule has 0 bridgehead atoms. The minimum absolute atomic E-state index is 0.145. The Kier molecular flexibility index (Phi) is 2.92. The van der Waals surface area contributed by atoms with Gasteiger partial charge in [0.2, 0.25) is 0 Å². The van der Waals surface area contributed by atoms with Gasteiger partial charge in [-0.1, -0.05) is 6.92 Å². The summed E-state index contributed by atoms with van der Waals surface area (Å²) in [6, 6.07) is 0. The minimum Gasteiger partial charge on any atom is -0.465 e. The van der Waals surface area contributed by atoms with Crippen molar-refractivity contribution in [2.75, 3.05) is 13.1 Å². The average molecular weight is 173 g/mol. The van der Waals surface area contributed by atoms with Crippen LogP contribution in [-0.4, -0.2) is 40.4 Å². The highest BCUT2D eigenvalue weighted by molar-refractivity contribution is 5.65. The Labute approximate surface area is 71.8 Å². The summed E-state index contributed by atoms with van der Waals surface area (Å²) in [5, 5.41) is 18.1. The quantitative estimate of drug-likeness (QED) is 0.648. The molecule has 0 aliphatic carbocycles. The molecule has 1 heterocycles. The van der Waals surface area contributed by atoms with Crippen molar-refractivity contribution in [3.8, 4) is 0 Å². The highest BCUT2D eigenvalue weighted by atomic mass is 16.4. The molecule has 0 saturated carbocycles. The number of carboxylic acid groups (broad SMARTS) is 1. The smallest absolute Gasteiger partial charge is 0.407 e. The summed E-state index contributed by atoms with van der Waals surface area (Å²) in [5.41, 5.74) is 0. The van der Waals surface area contributed by atoms with Crippen LogP contribution in [0, 0.1) is 5.92 Å². The van der Waals surface area contributed by atoms with Gasteiger partial charge >= 0.3 is 6.09 Å². The second-order valence-electron chi connectivity index (χ2n) is 3.25. The predicted octanol–water partition coefficient (Wildman–Crippen LogP) is 0.757. The Bertz CT molecular complexity index is 172. The Morgan fingerprint density at radius 3 is 2.83 bits per heavy atom. The fourth-order valence-corrected chi connectivity index (χ4v) is 1.61. The van der Waals surface area contributed by atoms with E-state index in [0.29, 0.717) is 19.5 Å². The molecule has 1 amide bonds. The average Bonchev–Trinajstić information content (AvgIpc) is 2.51. The van der Waals surface area contributed by atoms with Gasteiger partial charge in [0.25, 0.3) is 0 Å². The number of aliphatic hydroxyl groups is 1. The van der Waals surface area contributed by atoms with E-state index in [1.807, 2.05) is 6.92 Å². The highest BCUT2D eigenvalue weighted by Crippen LogP contribution is 2.21. The van der Waals surface area contributed by atoms with E-state index < -0.39 is 6.09 Å². The molecule has 1 saturated heterocycles. The van der Waals surface area contributed by atoms with Gasteiger partial charge in [-0.25, -0.2) is 4.79 Å². The van der Waals surface area contributed by atoms with Crippen LogP contribution in [0.25, 0.3) is 0 Å². The summed E-state index contributed by atoms with van der Waals surface area (Å²) in [6.45, 7) is 2.97. The van der Waals surface area contributed by atoms with E-state index in [4.69, 9.17) is 5.11 Å². The molecule has 4 heteroatoms. The first-order chi connectivity index (χ1) is 5.65. The van der Waals surface area contributed by atoms with Crippen molar-refractivity contribution < 1.29 is 15.0 Å². The van der Waals surface area contributed by atoms with Gasteiger partial charge in [0.1, 0.15) is 0 Å². The second-order valence-corrected chi connectivity index (χ2v) is 3.25. The molecule has 1 aliphatic rings. The molecule has 2 atom stereocenters. The van der Waals surface area contributed by atoms with Crippen LogP contribution < -0.4 is 0 Å². The maximum absolute atomic E-state index is 10.5. The molecule has 1 fully saturated rings. The third-order valence-corrected chi connectivity index (χ3v) is 2.46. The number of amides is 1. The Morgan fingerprint density at radius 2 is 2.42 bits per heavy atom. The van der Waals surface area contributed by atoms with Crippen LogP contribution in [0.4, 0.5) is 4.79 Å². The number of rotatable bonds is 2. The summed E-state index contributed by atoms with van der Waals surface area (Å²) >= 11 is 0. The normalized spacial score (nSPS) is 25.8. The van der Waals surface area contributed by atoms with E-state index >= 15 is 0 Å². The Balaban J connectivity index is 2.40. The summed E-state index contributed by atoms with van der Waals surface area (Å²) in [6.07, 6.45) is 0.287. The first-order valence-electron chi connectivity index (χ1n) is 4.31. The molecule has 0 unspecified atom stereocenters. The monoisotopic (exact) mass is 173 g/mol. The minimum atomic E-state index is -0.874. The van der Waals surface area contributed by atoms with Gasteiger partial charge in [0.05, 0.1) is 6.10 Å². The lowest BCUT2D eigenvalue weighted by Crippen LogP contribution is -2.29. The van der Waals surface area contributed by atoms with Gasteiger partial charge in [-0.3, -0.25) is 0 Å². The zero-order valence-corrected chi connectivity index (χ0v) is 7.23. The molecular weight excluding hydrogens is 158 g/mol. The summed E-state index contributed by atoms with van der Waals surface area (Å²) in [7, 11) is 0. The van der Waals surface area contributed by atoms with Gasteiger partial charge < -0.3 is 15.1 Å². The SMILES string of the molecule is CC[C@H](O)[C@H]1CCN(C(=O)O)C1. The van der Waals surface area contributed by atoms with Crippen molar-refractivity contribution in [1.82, 2.24) is 4.90 Å². The van der Waals surface area contributed by atoms with Crippen molar-refractivity contribution in [3.63, 3.8) is 0 Å². The molecular formula is C8H15NO3. The third kappa shape index (κ3) is 1.88. The van der Waals surface area contributed by atoms with Crippen LogP contribution in [0.5, 0.6) is 0 Å². The lowest BCUT2D eigenvalue weighted by atomic mass is 10.00. The van der Waals surface area contributed by atoms with E-state index in [2.05, 4.69) is 0 Å². The zero-order chi connectivity index (χ0) is 9.14. The lowest BCUT2D eigenvalue weighted by Gasteiger charge is -2.16. The van der Waals surface area contributed by atoms with Gasteiger partial charge in [-0.2, -0.15) is 0 Å². The summed E-state index contributed by atoms with van der Waals surface area (Å²) < 4.78 is 0. The van der Waals surface area contributed by atoms with Crippen LogP contribution in [-0.2, 0) is 0 Å². The molecule has 1 aliphatic heterocycles. The van der Waals surface area contributed by atoms with Crippen molar-refractivity contribution in [2.24, 2.45) is 5.92 Å². The highest BCUT2D eigenvalue weighted by Gasteiger charge is 2.29. The van der Waals surface area contributed by atoms with Crippen LogP contribution in [0.2, 0.25) is 0 Å². The van der Waals surface area contributed by atoms with Gasteiger partial charge in [-0.15, -0.1) is 0 Å². The van der Waals surface area contributed by atoms with E-state index in [1.165, 1.54) is 4.90 Å². The third-order valence-electron chi connectivity index (χ3n) is 2.46. The molecule has 2 N–H and O–H groups in total. The maximum Gasteiger partial charge on any atom is 0.407 e. The van der Waals surface area contributed by atoms with Crippen LogP contribution in [0.3, 0.4) is 0 Å². The number of nitrogens with zero attached hydrogens (tertiary/aromatic N) is 1. The van der Waals surface area contributed by atoms with Gasteiger partial charge in [0.15, 0.2) is 0 Å². The van der Waals surface area contributed by atoms with E-state index in [1.54, 1.807) is 0 Å². The number of hydrogen-bond acceptors (Lipinski definition) is 2. The van der Waals surface area contributed by atoms with E-state index in [-0.39, 0.29) is 12.0 Å². The number of aliphatic hydroxyl groups excluding tert-OH is 1. The fraction of sp³-hybridized carbons (Fsp3) is 0.875. The molecule has 1 rings (SSSR count). The van der Waals surface area contributed by atoms with E-state index in [9.17, 15) is 9.90 Å². The Morgan fingerprint density at radius 1 is 1.75 bits per heavy atom. The van der Waals surface area contributed by atoms with Crippen LogP contribution >= 0.6 is 0 Å². The lowest BCUT2D eigenvalue weighted by molar-refractivity contribution is 0.104. The zero-order valence-electron chi connectivity index (χ0n) is 7.23. The number of hydrogen-bond donors (Lipinski definition) is 2. The molecule has 0 spiro atoms. The molecule has 4 nitrogen and oxygen atoms in total. The topological polar surface area (TPSA) is 60.8 Å². The second kappa shape index (κ2) is 3.76. The van der Waals surface area contributed by atoms with Crippen molar-refractivity contribution in [2.45, 2.75) is 25.9 Å². The predicted molar refractivity (Wildman–Crippen MR) is 44.0 cm³/mol. The summed E-state index contributed by atoms with van der Waals surface area (Å²) in [4.78, 5) is 11.9. The van der Waals surface area contributed by atoms with Crippen molar-refractivity contribution in [3.05, 3.63) is 0 Å². The van der Waals surface area contributed by atoms with Crippen molar-refractivity contribution >= 4 is 6.09 Å². The maximum atomic E-state index is 10.5. The Hall–Kier alpha value is -0.770. The van der Waals surface area contributed by atoms with Crippen LogP contribution in [0.1, 0.15) is 19.8 Å². The molecule has 0 aromatic heterocycles. The first-order valence-corrected chi connectivity index (χ1v) is 4.31. The first kappa shape index (κ1) is 9.32. The molecule has 0 radical (unpaired) electrons. The van der Waals surface area contributed by atoms with Gasteiger partial charge in [-0.05, 0) is 12.8 Å². The largest absolute Gasteiger partial charge is 0.465 e. The summed E-state index contributed by atoms with van der Waals surface area (Å²) in [5.74, 6) is 0.145. The molecule has 70 valence electrons. The molecule has 0 aromatic carbocycles. The van der Waals surface area contributed by atoms with Crippen molar-refractivity contribution in [1.29, 1.82) is 0 Å². The van der Waals surface area contributed by atoms with Crippen LogP contribution in [0.15, 0.2) is 0 Å². The number of likely N-dealkylation sites (tertiary alicyclic amines) is 1. The standard InChI is InChI=1S/C8H15NO3/c1-2-7(10)6-3-4-9(5-6)8(11)12/h6-7,10H,2-5H2,1H3,(H,11,12)/t6-,7-/m0/s1. The van der Waals surface area contributed by atoms with Gasteiger partial charge in [0, 0.05) is 19.0 Å². The number of carbonyl (C=O) groups is 1. The molecule has 12 heavy (non-hydrogen) atoms. The fourth-order valence-electron chi connectivity index (χ4n) is 1.61. The van der Waals surface area contributed by atoms with E-state index in [0.717, 1.165) is 6.42 Å². The molecule has 0 aromatic rings.